The van der Waals surface area contributed by atoms with E-state index in [0.717, 1.165) is 36.1 Å². The van der Waals surface area contributed by atoms with Gasteiger partial charge in [-0.15, -0.1) is 0 Å². The summed E-state index contributed by atoms with van der Waals surface area (Å²) in [5.74, 6) is 1.13. The highest BCUT2D eigenvalue weighted by Crippen LogP contribution is 2.23. The van der Waals surface area contributed by atoms with Gasteiger partial charge in [0.25, 0.3) is 0 Å². The van der Waals surface area contributed by atoms with Gasteiger partial charge < -0.3 is 4.98 Å². The zero-order chi connectivity index (χ0) is 15.2. The summed E-state index contributed by atoms with van der Waals surface area (Å²) in [7, 11) is 0. The summed E-state index contributed by atoms with van der Waals surface area (Å²) in [6.45, 7) is 4.14. The molecule has 0 bridgehead atoms. The number of hydrogen-bond donors (Lipinski definition) is 1. The third-order valence-electron chi connectivity index (χ3n) is 4.00. The van der Waals surface area contributed by atoms with Gasteiger partial charge in [-0.3, -0.25) is 10.1 Å². The highest BCUT2D eigenvalue weighted by atomic mass is 16.6. The van der Waals surface area contributed by atoms with Gasteiger partial charge in [-0.1, -0.05) is 32.4 Å². The highest BCUT2D eigenvalue weighted by Gasteiger charge is 2.21. The number of imidazole rings is 1. The van der Waals surface area contributed by atoms with Crippen LogP contribution in [0.2, 0.25) is 0 Å². The van der Waals surface area contributed by atoms with Crippen LogP contribution in [0.5, 0.6) is 0 Å². The molecule has 0 radical (unpaired) electrons. The number of fused-ring (bicyclic) bond motifs is 1. The first kappa shape index (κ1) is 15.5. The molecule has 2 unspecified atom stereocenters. The van der Waals surface area contributed by atoms with E-state index < -0.39 is 6.04 Å². The number of unbranched alkanes of at least 4 members (excludes halogenated alkanes) is 1. The molecular weight excluding hydrogens is 266 g/mol. The number of benzene rings is 1. The van der Waals surface area contributed by atoms with Gasteiger partial charge in [-0.05, 0) is 25.0 Å². The molecular formula is C16H23N3O2. The number of rotatable bonds is 8. The molecule has 0 aliphatic heterocycles. The highest BCUT2D eigenvalue weighted by molar-refractivity contribution is 5.74. The van der Waals surface area contributed by atoms with E-state index in [-0.39, 0.29) is 10.8 Å². The van der Waals surface area contributed by atoms with Gasteiger partial charge in [0.1, 0.15) is 5.82 Å². The van der Waals surface area contributed by atoms with E-state index in [1.165, 1.54) is 0 Å². The molecule has 0 aliphatic carbocycles. The number of nitrogens with zero attached hydrogens (tertiary/aromatic N) is 2. The van der Waals surface area contributed by atoms with Gasteiger partial charge in [-0.25, -0.2) is 4.98 Å². The molecule has 2 atom stereocenters. The molecule has 0 spiro atoms. The maximum Gasteiger partial charge on any atom is 0.213 e. The van der Waals surface area contributed by atoms with Crippen LogP contribution in [0.25, 0.3) is 11.0 Å². The van der Waals surface area contributed by atoms with Crippen molar-refractivity contribution in [2.75, 3.05) is 0 Å². The molecule has 5 heteroatoms. The zero-order valence-electron chi connectivity index (χ0n) is 12.7. The van der Waals surface area contributed by atoms with E-state index >= 15 is 0 Å². The number of aromatic nitrogens is 2. The van der Waals surface area contributed by atoms with E-state index in [0.29, 0.717) is 12.8 Å². The van der Waals surface area contributed by atoms with Crippen LogP contribution in [-0.2, 0) is 0 Å². The normalized spacial score (nSPS) is 14.2. The maximum absolute atomic E-state index is 11.1. The Balaban J connectivity index is 1.96. The summed E-state index contributed by atoms with van der Waals surface area (Å²) in [4.78, 5) is 18.8. The second-order valence-corrected chi connectivity index (χ2v) is 5.70. The third-order valence-corrected chi connectivity index (χ3v) is 4.00. The Labute approximate surface area is 124 Å². The minimum Gasteiger partial charge on any atom is -0.342 e. The van der Waals surface area contributed by atoms with Crippen LogP contribution < -0.4 is 0 Å². The Kier molecular flexibility index (Phi) is 5.31. The Bertz CT molecular complexity index is 561. The smallest absolute Gasteiger partial charge is 0.213 e. The van der Waals surface area contributed by atoms with Crippen LogP contribution in [0, 0.1) is 10.1 Å². The van der Waals surface area contributed by atoms with Gasteiger partial charge in [0.15, 0.2) is 0 Å². The van der Waals surface area contributed by atoms with Gasteiger partial charge in [0, 0.05) is 23.7 Å². The summed E-state index contributed by atoms with van der Waals surface area (Å²) in [6, 6.07) is 7.49. The van der Waals surface area contributed by atoms with Crippen molar-refractivity contribution >= 4 is 11.0 Å². The second kappa shape index (κ2) is 7.20. The van der Waals surface area contributed by atoms with E-state index in [1.807, 2.05) is 24.3 Å². The van der Waals surface area contributed by atoms with E-state index in [1.54, 1.807) is 0 Å². The summed E-state index contributed by atoms with van der Waals surface area (Å²) in [6.07, 6.45) is 4.00. The number of nitrogens with one attached hydrogen (secondary N) is 1. The van der Waals surface area contributed by atoms with Crippen molar-refractivity contribution in [3.63, 3.8) is 0 Å². The average Bonchev–Trinajstić information content (AvgIpc) is 2.90. The first-order chi connectivity index (χ1) is 10.1. The Morgan fingerprint density at radius 1 is 1.29 bits per heavy atom. The molecule has 114 valence electrons. The van der Waals surface area contributed by atoms with Crippen molar-refractivity contribution in [1.29, 1.82) is 0 Å². The Morgan fingerprint density at radius 2 is 2.05 bits per heavy atom. The minimum atomic E-state index is -0.420. The predicted molar refractivity (Wildman–Crippen MR) is 84.1 cm³/mol. The van der Waals surface area contributed by atoms with Gasteiger partial charge in [0.05, 0.1) is 11.0 Å². The van der Waals surface area contributed by atoms with Crippen molar-refractivity contribution in [2.45, 2.75) is 57.9 Å². The van der Waals surface area contributed by atoms with Gasteiger partial charge in [-0.2, -0.15) is 0 Å². The van der Waals surface area contributed by atoms with Crippen molar-refractivity contribution in [3.05, 3.63) is 40.2 Å². The molecule has 1 aromatic heterocycles. The van der Waals surface area contributed by atoms with Gasteiger partial charge >= 0.3 is 0 Å². The number of H-pyrrole nitrogens is 1. The molecule has 1 aromatic carbocycles. The molecule has 5 nitrogen and oxygen atoms in total. The lowest BCUT2D eigenvalue weighted by Crippen LogP contribution is -2.20. The average molecular weight is 289 g/mol. The van der Waals surface area contributed by atoms with Crippen molar-refractivity contribution in [1.82, 2.24) is 9.97 Å². The quantitative estimate of drug-likeness (QED) is 0.582. The fourth-order valence-electron chi connectivity index (χ4n) is 2.58. The summed E-state index contributed by atoms with van der Waals surface area (Å²) in [5, 5.41) is 11.1. The predicted octanol–water partition coefficient (Wildman–Crippen LogP) is 4.28. The first-order valence-corrected chi connectivity index (χ1v) is 7.70. The maximum atomic E-state index is 11.1. The topological polar surface area (TPSA) is 71.8 Å². The van der Waals surface area contributed by atoms with Crippen LogP contribution in [0.1, 0.15) is 57.7 Å². The monoisotopic (exact) mass is 289 g/mol. The molecule has 2 rings (SSSR count). The Morgan fingerprint density at radius 3 is 2.71 bits per heavy atom. The summed E-state index contributed by atoms with van der Waals surface area (Å²) in [5.41, 5.74) is 1.98. The van der Waals surface area contributed by atoms with Crippen LogP contribution in [0.15, 0.2) is 24.3 Å². The molecule has 0 fully saturated rings. The fourth-order valence-corrected chi connectivity index (χ4v) is 2.58. The molecule has 2 aromatic rings. The summed E-state index contributed by atoms with van der Waals surface area (Å²) < 4.78 is 0. The lowest BCUT2D eigenvalue weighted by molar-refractivity contribution is -0.524. The molecule has 0 amide bonds. The third kappa shape index (κ3) is 4.03. The lowest BCUT2D eigenvalue weighted by Gasteiger charge is -2.12. The van der Waals surface area contributed by atoms with Crippen LogP contribution >= 0.6 is 0 Å². The first-order valence-electron chi connectivity index (χ1n) is 7.70. The second-order valence-electron chi connectivity index (χ2n) is 5.70. The number of hydrogen-bond acceptors (Lipinski definition) is 3. The molecule has 0 saturated heterocycles. The molecule has 21 heavy (non-hydrogen) atoms. The van der Waals surface area contributed by atoms with Crippen LogP contribution in [0.3, 0.4) is 0 Å². The number of nitro groups is 1. The number of para-hydroxylation sites is 2. The van der Waals surface area contributed by atoms with Crippen molar-refractivity contribution in [2.24, 2.45) is 0 Å². The zero-order valence-corrected chi connectivity index (χ0v) is 12.7. The van der Waals surface area contributed by atoms with Crippen LogP contribution in [-0.4, -0.2) is 20.9 Å². The van der Waals surface area contributed by atoms with E-state index in [9.17, 15) is 10.1 Å². The standard InChI is InChI=1S/C16H23N3O2/c1-3-4-7-13(19(20)21)11-10-12(2)16-17-14-8-5-6-9-15(14)18-16/h5-6,8-9,12-13H,3-4,7,10-11H2,1-2H3,(H,17,18). The molecule has 0 aliphatic rings. The molecule has 1 N–H and O–H groups in total. The molecule has 0 saturated carbocycles. The van der Waals surface area contributed by atoms with Crippen LogP contribution in [0.4, 0.5) is 0 Å². The summed E-state index contributed by atoms with van der Waals surface area (Å²) >= 11 is 0. The lowest BCUT2D eigenvalue weighted by atomic mass is 9.98. The van der Waals surface area contributed by atoms with E-state index in [2.05, 4.69) is 23.8 Å². The number of aromatic amines is 1. The van der Waals surface area contributed by atoms with Gasteiger partial charge in [0.2, 0.25) is 6.04 Å². The van der Waals surface area contributed by atoms with E-state index in [4.69, 9.17) is 0 Å². The minimum absolute atomic E-state index is 0.124. The molecule has 1 heterocycles. The van der Waals surface area contributed by atoms with Crippen molar-refractivity contribution in [3.8, 4) is 0 Å². The SMILES string of the molecule is CCCCC(CCC(C)c1nc2ccccc2[nH]1)[N+](=O)[O-]. The fraction of sp³-hybridized carbons (Fsp3) is 0.562. The Hall–Kier alpha value is -1.91. The largest absolute Gasteiger partial charge is 0.342 e. The van der Waals surface area contributed by atoms with Crippen molar-refractivity contribution < 1.29 is 4.92 Å².